The number of rotatable bonds is 4. The van der Waals surface area contributed by atoms with Crippen LogP contribution in [0.25, 0.3) is 11.0 Å². The summed E-state index contributed by atoms with van der Waals surface area (Å²) in [6.07, 6.45) is 7.86. The molecule has 27 heavy (non-hydrogen) atoms. The number of anilines is 1. The van der Waals surface area contributed by atoms with Gasteiger partial charge in [0.2, 0.25) is 0 Å². The van der Waals surface area contributed by atoms with Crippen molar-refractivity contribution in [2.24, 2.45) is 0 Å². The van der Waals surface area contributed by atoms with Gasteiger partial charge in [-0.2, -0.15) is 0 Å². The Morgan fingerprint density at radius 3 is 2.67 bits per heavy atom. The smallest absolute Gasteiger partial charge is 0.407 e. The van der Waals surface area contributed by atoms with Crippen molar-refractivity contribution in [3.63, 3.8) is 0 Å². The van der Waals surface area contributed by atoms with Gasteiger partial charge >= 0.3 is 6.09 Å². The molecule has 2 aromatic heterocycles. The highest BCUT2D eigenvalue weighted by atomic mass is 16.4. The summed E-state index contributed by atoms with van der Waals surface area (Å²) in [5.74, 6) is 0.341. The molecule has 2 N–H and O–H groups in total. The summed E-state index contributed by atoms with van der Waals surface area (Å²) in [5, 5.41) is 12.6. The first kappa shape index (κ1) is 17.2. The highest BCUT2D eigenvalue weighted by Crippen LogP contribution is 2.32. The number of amides is 1. The first-order valence-corrected chi connectivity index (χ1v) is 9.06. The molecule has 1 amide bonds. The van der Waals surface area contributed by atoms with E-state index < -0.39 is 6.09 Å². The third-order valence-electron chi connectivity index (χ3n) is 5.08. The van der Waals surface area contributed by atoms with Crippen LogP contribution in [0.2, 0.25) is 0 Å². The standard InChI is InChI=1S/C20H21N5O2/c26-20(27)25-9-4-15(5-10-25)16-3-6-21-13-19(16)24-12-14-1-2-17-18(11-14)23-8-7-22-17/h1-3,6-8,11,13,15,24H,4-5,9-10,12H2,(H,26,27). The summed E-state index contributed by atoms with van der Waals surface area (Å²) in [5.41, 5.74) is 5.09. The van der Waals surface area contributed by atoms with Gasteiger partial charge in [-0.1, -0.05) is 6.07 Å². The van der Waals surface area contributed by atoms with Crippen LogP contribution in [0.4, 0.5) is 10.5 Å². The Morgan fingerprint density at radius 1 is 1.11 bits per heavy atom. The summed E-state index contributed by atoms with van der Waals surface area (Å²) in [6.45, 7) is 1.81. The van der Waals surface area contributed by atoms with E-state index >= 15 is 0 Å². The minimum Gasteiger partial charge on any atom is -0.465 e. The molecule has 7 nitrogen and oxygen atoms in total. The second kappa shape index (κ2) is 7.57. The molecule has 1 saturated heterocycles. The van der Waals surface area contributed by atoms with E-state index in [1.807, 2.05) is 30.5 Å². The molecule has 0 unspecified atom stereocenters. The van der Waals surface area contributed by atoms with Crippen molar-refractivity contribution in [3.8, 4) is 0 Å². The summed E-state index contributed by atoms with van der Waals surface area (Å²) in [4.78, 5) is 25.5. The van der Waals surface area contributed by atoms with E-state index in [-0.39, 0.29) is 0 Å². The maximum Gasteiger partial charge on any atom is 0.407 e. The molecule has 3 heterocycles. The van der Waals surface area contributed by atoms with E-state index in [0.717, 1.165) is 35.1 Å². The average molecular weight is 363 g/mol. The lowest BCUT2D eigenvalue weighted by molar-refractivity contribution is 0.132. The van der Waals surface area contributed by atoms with Gasteiger partial charge in [0.05, 0.1) is 22.9 Å². The quantitative estimate of drug-likeness (QED) is 0.737. The van der Waals surface area contributed by atoms with E-state index in [2.05, 4.69) is 20.3 Å². The Labute approximate surface area is 157 Å². The predicted molar refractivity (Wildman–Crippen MR) is 103 cm³/mol. The van der Waals surface area contributed by atoms with E-state index in [0.29, 0.717) is 25.6 Å². The lowest BCUT2D eigenvalue weighted by Gasteiger charge is -2.31. The van der Waals surface area contributed by atoms with Gasteiger partial charge in [0.25, 0.3) is 0 Å². The molecule has 1 fully saturated rings. The molecule has 0 radical (unpaired) electrons. The number of hydrogen-bond acceptors (Lipinski definition) is 5. The lowest BCUT2D eigenvalue weighted by Crippen LogP contribution is -2.36. The summed E-state index contributed by atoms with van der Waals surface area (Å²) in [6, 6.07) is 8.10. The van der Waals surface area contributed by atoms with Crippen LogP contribution in [0.1, 0.15) is 29.9 Å². The van der Waals surface area contributed by atoms with Gasteiger partial charge in [0, 0.05) is 38.2 Å². The number of piperidine rings is 1. The first-order chi connectivity index (χ1) is 13.2. The van der Waals surface area contributed by atoms with Gasteiger partial charge < -0.3 is 15.3 Å². The molecule has 0 spiro atoms. The van der Waals surface area contributed by atoms with Crippen LogP contribution in [0.15, 0.2) is 49.1 Å². The van der Waals surface area contributed by atoms with Crippen LogP contribution in [0.5, 0.6) is 0 Å². The van der Waals surface area contributed by atoms with Gasteiger partial charge in [-0.05, 0) is 48.1 Å². The van der Waals surface area contributed by atoms with Crippen molar-refractivity contribution in [3.05, 3.63) is 60.2 Å². The SMILES string of the molecule is O=C(O)N1CCC(c2ccncc2NCc2ccc3nccnc3c2)CC1. The Hall–Kier alpha value is -3.22. The number of carbonyl (C=O) groups is 1. The van der Waals surface area contributed by atoms with Crippen molar-refractivity contribution in [1.29, 1.82) is 0 Å². The highest BCUT2D eigenvalue weighted by molar-refractivity contribution is 5.74. The van der Waals surface area contributed by atoms with Crippen LogP contribution in [-0.4, -0.2) is 44.1 Å². The molecule has 7 heteroatoms. The molecular formula is C20H21N5O2. The first-order valence-electron chi connectivity index (χ1n) is 9.06. The molecule has 0 atom stereocenters. The fraction of sp³-hybridized carbons (Fsp3) is 0.300. The number of likely N-dealkylation sites (tertiary alicyclic amines) is 1. The van der Waals surface area contributed by atoms with Crippen LogP contribution in [0.3, 0.4) is 0 Å². The number of pyridine rings is 1. The second-order valence-corrected chi connectivity index (χ2v) is 6.74. The van der Waals surface area contributed by atoms with Crippen LogP contribution in [-0.2, 0) is 6.54 Å². The fourth-order valence-electron chi connectivity index (χ4n) is 3.61. The van der Waals surface area contributed by atoms with Gasteiger partial charge in [-0.3, -0.25) is 15.0 Å². The number of fused-ring (bicyclic) bond motifs is 1. The van der Waals surface area contributed by atoms with E-state index in [1.54, 1.807) is 18.6 Å². The molecule has 3 aromatic rings. The average Bonchev–Trinajstić information content (AvgIpc) is 2.72. The monoisotopic (exact) mass is 363 g/mol. The number of hydrogen-bond donors (Lipinski definition) is 2. The van der Waals surface area contributed by atoms with Crippen LogP contribution < -0.4 is 5.32 Å². The molecule has 138 valence electrons. The maximum atomic E-state index is 11.1. The fourth-order valence-corrected chi connectivity index (χ4v) is 3.61. The molecule has 1 aliphatic rings. The van der Waals surface area contributed by atoms with Gasteiger partial charge in [-0.15, -0.1) is 0 Å². The Bertz CT molecular complexity index is 954. The van der Waals surface area contributed by atoms with Gasteiger partial charge in [0.15, 0.2) is 0 Å². The van der Waals surface area contributed by atoms with Crippen molar-refractivity contribution in [2.45, 2.75) is 25.3 Å². The van der Waals surface area contributed by atoms with Crippen LogP contribution >= 0.6 is 0 Å². The molecule has 0 aliphatic carbocycles. The van der Waals surface area contributed by atoms with Crippen LogP contribution in [0, 0.1) is 0 Å². The summed E-state index contributed by atoms with van der Waals surface area (Å²) in [7, 11) is 0. The predicted octanol–water partition coefficient (Wildman–Crippen LogP) is 3.49. The zero-order chi connectivity index (χ0) is 18.6. The van der Waals surface area contributed by atoms with E-state index in [9.17, 15) is 4.79 Å². The van der Waals surface area contributed by atoms with Crippen molar-refractivity contribution < 1.29 is 9.90 Å². The number of aromatic nitrogens is 3. The van der Waals surface area contributed by atoms with Gasteiger partial charge in [0.1, 0.15) is 0 Å². The lowest BCUT2D eigenvalue weighted by atomic mass is 9.89. The van der Waals surface area contributed by atoms with Crippen molar-refractivity contribution in [1.82, 2.24) is 19.9 Å². The number of nitrogens with zero attached hydrogens (tertiary/aromatic N) is 4. The summed E-state index contributed by atoms with van der Waals surface area (Å²) >= 11 is 0. The third-order valence-corrected chi connectivity index (χ3v) is 5.08. The Morgan fingerprint density at radius 2 is 1.89 bits per heavy atom. The van der Waals surface area contributed by atoms with E-state index in [4.69, 9.17) is 5.11 Å². The molecular weight excluding hydrogens is 342 g/mol. The molecule has 0 bridgehead atoms. The minimum atomic E-state index is -0.832. The van der Waals surface area contributed by atoms with Crippen molar-refractivity contribution >= 4 is 22.8 Å². The van der Waals surface area contributed by atoms with Crippen molar-refractivity contribution in [2.75, 3.05) is 18.4 Å². The normalized spacial score (nSPS) is 15.0. The molecule has 4 rings (SSSR count). The maximum absolute atomic E-state index is 11.1. The Balaban J connectivity index is 1.47. The minimum absolute atomic E-state index is 0.341. The van der Waals surface area contributed by atoms with Gasteiger partial charge in [-0.25, -0.2) is 4.79 Å². The molecule has 0 saturated carbocycles. The highest BCUT2D eigenvalue weighted by Gasteiger charge is 2.24. The zero-order valence-electron chi connectivity index (χ0n) is 14.9. The molecule has 1 aliphatic heterocycles. The summed E-state index contributed by atoms with van der Waals surface area (Å²) < 4.78 is 0. The third kappa shape index (κ3) is 3.81. The number of carboxylic acid groups (broad SMARTS) is 1. The largest absolute Gasteiger partial charge is 0.465 e. The number of benzene rings is 1. The Kier molecular flexibility index (Phi) is 4.82. The second-order valence-electron chi connectivity index (χ2n) is 6.74. The number of nitrogens with one attached hydrogen (secondary N) is 1. The topological polar surface area (TPSA) is 91.2 Å². The van der Waals surface area contributed by atoms with E-state index in [1.165, 1.54) is 10.5 Å². The molecule has 1 aromatic carbocycles. The zero-order valence-corrected chi connectivity index (χ0v) is 14.9.